The molecule has 35 heavy (non-hydrogen) atoms. The lowest BCUT2D eigenvalue weighted by Gasteiger charge is -2.00. The topological polar surface area (TPSA) is 73.8 Å². The summed E-state index contributed by atoms with van der Waals surface area (Å²) in [6.45, 7) is 0. The van der Waals surface area contributed by atoms with E-state index in [1.54, 1.807) is 6.21 Å². The zero-order valence-electron chi connectivity index (χ0n) is 19.0. The van der Waals surface area contributed by atoms with Crippen molar-refractivity contribution < 1.29 is 0 Å². The van der Waals surface area contributed by atoms with E-state index in [1.165, 1.54) is 0 Å². The van der Waals surface area contributed by atoms with Gasteiger partial charge in [0.25, 0.3) is 0 Å². The third kappa shape index (κ3) is 8.14. The van der Waals surface area contributed by atoms with Crippen molar-refractivity contribution in [3.63, 3.8) is 0 Å². The lowest BCUT2D eigenvalue weighted by Crippen LogP contribution is -1.85. The Balaban J connectivity index is 1.20. The lowest BCUT2D eigenvalue weighted by molar-refractivity contribution is 1.23. The monoisotopic (exact) mass is 456 g/mol. The molecule has 0 amide bonds. The van der Waals surface area contributed by atoms with E-state index < -0.39 is 0 Å². The number of azo groups is 2. The van der Waals surface area contributed by atoms with Crippen LogP contribution in [0.2, 0.25) is 0 Å². The number of hydrogen-bond donors (Lipinski definition) is 1. The largest absolute Gasteiger partial charge is 0.362 e. The maximum atomic E-state index is 4.41. The summed E-state index contributed by atoms with van der Waals surface area (Å²) < 4.78 is 0. The molecule has 0 bridgehead atoms. The van der Waals surface area contributed by atoms with Gasteiger partial charge >= 0.3 is 0 Å². The molecule has 4 rings (SSSR count). The van der Waals surface area contributed by atoms with E-state index in [-0.39, 0.29) is 0 Å². The normalized spacial score (nSPS) is 12.0. The fourth-order valence-electron chi connectivity index (χ4n) is 2.89. The van der Waals surface area contributed by atoms with Gasteiger partial charge in [0.15, 0.2) is 0 Å². The SMILES string of the molecule is C(=CC=Nc1ccc(N=Nc2ccccc2)cc1)C=CNc1ccc(N=Nc2ccccc2)cc1. The van der Waals surface area contributed by atoms with Crippen molar-refractivity contribution in [3.05, 3.63) is 134 Å². The van der Waals surface area contributed by atoms with Crippen LogP contribution in [-0.4, -0.2) is 6.21 Å². The van der Waals surface area contributed by atoms with Gasteiger partial charge < -0.3 is 5.32 Å². The van der Waals surface area contributed by atoms with Crippen LogP contribution < -0.4 is 5.32 Å². The van der Waals surface area contributed by atoms with E-state index in [0.717, 1.165) is 34.1 Å². The Morgan fingerprint density at radius 3 is 1.43 bits per heavy atom. The zero-order valence-corrected chi connectivity index (χ0v) is 19.0. The molecule has 0 fully saturated rings. The number of anilines is 1. The highest BCUT2D eigenvalue weighted by atomic mass is 15.1. The number of nitrogens with zero attached hydrogens (tertiary/aromatic N) is 5. The second kappa shape index (κ2) is 12.9. The van der Waals surface area contributed by atoms with Crippen LogP contribution in [0.5, 0.6) is 0 Å². The molecule has 6 nitrogen and oxygen atoms in total. The first-order valence-corrected chi connectivity index (χ1v) is 11.1. The Morgan fingerprint density at radius 1 is 0.429 bits per heavy atom. The smallest absolute Gasteiger partial charge is 0.0858 e. The fourth-order valence-corrected chi connectivity index (χ4v) is 2.89. The maximum absolute atomic E-state index is 4.41. The van der Waals surface area contributed by atoms with Gasteiger partial charge in [-0.3, -0.25) is 4.99 Å². The van der Waals surface area contributed by atoms with Crippen molar-refractivity contribution in [1.29, 1.82) is 0 Å². The van der Waals surface area contributed by atoms with Gasteiger partial charge in [0.2, 0.25) is 0 Å². The van der Waals surface area contributed by atoms with Crippen LogP contribution in [0, 0.1) is 0 Å². The number of hydrogen-bond acceptors (Lipinski definition) is 6. The van der Waals surface area contributed by atoms with Crippen LogP contribution in [0.4, 0.5) is 34.1 Å². The molecule has 0 aliphatic heterocycles. The lowest BCUT2D eigenvalue weighted by atomic mass is 10.3. The molecule has 0 saturated carbocycles. The number of aliphatic imine (C=N–C) groups is 1. The Labute approximate surface area is 204 Å². The van der Waals surface area contributed by atoms with Crippen LogP contribution in [0.1, 0.15) is 0 Å². The highest BCUT2D eigenvalue weighted by molar-refractivity contribution is 5.75. The van der Waals surface area contributed by atoms with E-state index in [2.05, 4.69) is 30.8 Å². The van der Waals surface area contributed by atoms with Crippen molar-refractivity contribution in [2.24, 2.45) is 25.4 Å². The summed E-state index contributed by atoms with van der Waals surface area (Å²) >= 11 is 0. The van der Waals surface area contributed by atoms with Gasteiger partial charge in [-0.2, -0.15) is 20.5 Å². The van der Waals surface area contributed by atoms with Crippen molar-refractivity contribution in [3.8, 4) is 0 Å². The second-order valence-electron chi connectivity index (χ2n) is 7.30. The summed E-state index contributed by atoms with van der Waals surface area (Å²) in [6.07, 6.45) is 9.28. The van der Waals surface area contributed by atoms with Crippen LogP contribution >= 0.6 is 0 Å². The maximum Gasteiger partial charge on any atom is 0.0858 e. The van der Waals surface area contributed by atoms with Gasteiger partial charge in [0.05, 0.1) is 28.4 Å². The van der Waals surface area contributed by atoms with Crippen LogP contribution in [-0.2, 0) is 0 Å². The van der Waals surface area contributed by atoms with Crippen LogP contribution in [0.25, 0.3) is 0 Å². The summed E-state index contributed by atoms with van der Waals surface area (Å²) in [5, 5.41) is 20.1. The minimum Gasteiger partial charge on any atom is -0.362 e. The summed E-state index contributed by atoms with van der Waals surface area (Å²) in [5.41, 5.74) is 5.04. The number of benzene rings is 4. The molecule has 0 unspecified atom stereocenters. The van der Waals surface area contributed by atoms with Crippen LogP contribution in [0.15, 0.2) is 159 Å². The third-order valence-corrected chi connectivity index (χ3v) is 4.67. The summed E-state index contributed by atoms with van der Waals surface area (Å²) in [7, 11) is 0. The van der Waals surface area contributed by atoms with Gasteiger partial charge in [-0.25, -0.2) is 0 Å². The van der Waals surface area contributed by atoms with E-state index in [4.69, 9.17) is 0 Å². The molecule has 0 atom stereocenters. The molecule has 0 aliphatic carbocycles. The van der Waals surface area contributed by atoms with Crippen molar-refractivity contribution in [1.82, 2.24) is 0 Å². The first-order chi connectivity index (χ1) is 17.3. The Hall–Kier alpha value is -4.97. The summed E-state index contributed by atoms with van der Waals surface area (Å²) in [6, 6.07) is 34.6. The zero-order chi connectivity index (χ0) is 24.0. The quantitative estimate of drug-likeness (QED) is 0.152. The number of allylic oxidation sites excluding steroid dienone is 3. The molecule has 0 aliphatic rings. The molecule has 0 heterocycles. The van der Waals surface area contributed by atoms with Gasteiger partial charge in [0.1, 0.15) is 0 Å². The fraction of sp³-hybridized carbons (Fsp3) is 0. The van der Waals surface area contributed by atoms with Crippen LogP contribution in [0.3, 0.4) is 0 Å². The molecule has 4 aromatic carbocycles. The van der Waals surface area contributed by atoms with Crippen molar-refractivity contribution in [2.45, 2.75) is 0 Å². The molecule has 6 heteroatoms. The molecule has 0 saturated heterocycles. The molecular weight excluding hydrogens is 432 g/mol. The first-order valence-electron chi connectivity index (χ1n) is 11.1. The molecule has 0 aromatic heterocycles. The van der Waals surface area contributed by atoms with Gasteiger partial charge in [-0.15, -0.1) is 0 Å². The predicted molar refractivity (Wildman–Crippen MR) is 144 cm³/mol. The minimum absolute atomic E-state index is 0.782. The average Bonchev–Trinajstić information content (AvgIpc) is 2.93. The van der Waals surface area contributed by atoms with E-state index in [1.807, 2.05) is 134 Å². The molecule has 4 aromatic rings. The van der Waals surface area contributed by atoms with Gasteiger partial charge in [0, 0.05) is 18.1 Å². The summed E-state index contributed by atoms with van der Waals surface area (Å²) in [5.74, 6) is 0. The Morgan fingerprint density at radius 2 is 0.886 bits per heavy atom. The highest BCUT2D eigenvalue weighted by Crippen LogP contribution is 2.22. The minimum atomic E-state index is 0.782. The molecule has 1 N–H and O–H groups in total. The standard InChI is InChI=1S/C29H24N6/c1-4-10-26(11-5-1)32-34-28-18-14-24(15-19-28)30-22-8-3-9-23-31-25-16-20-29(21-17-25)35-33-27-12-6-2-7-13-27/h1-23,30H. The predicted octanol–water partition coefficient (Wildman–Crippen LogP) is 9.40. The average molecular weight is 457 g/mol. The number of nitrogens with one attached hydrogen (secondary N) is 1. The van der Waals surface area contributed by atoms with Gasteiger partial charge in [-0.05, 0) is 84.9 Å². The summed E-state index contributed by atoms with van der Waals surface area (Å²) in [4.78, 5) is 4.41. The first kappa shape index (κ1) is 23.2. The van der Waals surface area contributed by atoms with E-state index in [9.17, 15) is 0 Å². The third-order valence-electron chi connectivity index (χ3n) is 4.67. The van der Waals surface area contributed by atoms with E-state index in [0.29, 0.717) is 0 Å². The van der Waals surface area contributed by atoms with Gasteiger partial charge in [-0.1, -0.05) is 42.5 Å². The molecule has 0 radical (unpaired) electrons. The highest BCUT2D eigenvalue weighted by Gasteiger charge is 1.93. The Bertz CT molecular complexity index is 1320. The Kier molecular flexibility index (Phi) is 8.56. The van der Waals surface area contributed by atoms with E-state index >= 15 is 0 Å². The van der Waals surface area contributed by atoms with Crippen molar-refractivity contribution >= 4 is 40.3 Å². The molecule has 0 spiro atoms. The second-order valence-corrected chi connectivity index (χ2v) is 7.30. The van der Waals surface area contributed by atoms with Crippen molar-refractivity contribution in [2.75, 3.05) is 5.32 Å². The molecule has 170 valence electrons. The number of rotatable bonds is 9. The molecular formula is C29H24N6.